The van der Waals surface area contributed by atoms with Gasteiger partial charge in [-0.3, -0.25) is 4.79 Å². The Bertz CT molecular complexity index is 858. The topological polar surface area (TPSA) is 57.7 Å². The summed E-state index contributed by atoms with van der Waals surface area (Å²) in [5.41, 5.74) is 1.63. The highest BCUT2D eigenvalue weighted by atomic mass is 32.2. The maximum atomic E-state index is 13.3. The lowest BCUT2D eigenvalue weighted by atomic mass is 9.87. The second-order valence-corrected chi connectivity index (χ2v) is 10.8. The second-order valence-electron chi connectivity index (χ2n) is 8.94. The molecular formula is C21H30N2O3S. The van der Waals surface area contributed by atoms with E-state index in [-0.39, 0.29) is 23.3 Å². The van der Waals surface area contributed by atoms with Gasteiger partial charge in [-0.2, -0.15) is 4.31 Å². The molecule has 1 aromatic rings. The van der Waals surface area contributed by atoms with Crippen molar-refractivity contribution in [1.29, 1.82) is 0 Å². The first-order chi connectivity index (χ1) is 12.8. The predicted octanol–water partition coefficient (Wildman–Crippen LogP) is 3.67. The fraction of sp³-hybridized carbons (Fsp3) is 0.667. The van der Waals surface area contributed by atoms with Crippen molar-refractivity contribution < 1.29 is 13.2 Å². The monoisotopic (exact) mass is 390 g/mol. The molecule has 1 atom stereocenters. The molecule has 1 amide bonds. The molecule has 1 aliphatic carbocycles. The van der Waals surface area contributed by atoms with Crippen LogP contribution >= 0.6 is 0 Å². The van der Waals surface area contributed by atoms with Crippen LogP contribution in [-0.2, 0) is 20.2 Å². The van der Waals surface area contributed by atoms with Crippen LogP contribution < -0.4 is 4.90 Å². The van der Waals surface area contributed by atoms with Crippen LogP contribution in [0, 0.1) is 5.92 Å². The Morgan fingerprint density at radius 3 is 2.59 bits per heavy atom. The minimum atomic E-state index is -3.51. The van der Waals surface area contributed by atoms with E-state index in [4.69, 9.17) is 0 Å². The van der Waals surface area contributed by atoms with Crippen LogP contribution in [0.4, 0.5) is 5.69 Å². The molecule has 2 aliphatic heterocycles. The highest BCUT2D eigenvalue weighted by Gasteiger charge is 2.43. The van der Waals surface area contributed by atoms with E-state index < -0.39 is 10.0 Å². The molecule has 2 heterocycles. The summed E-state index contributed by atoms with van der Waals surface area (Å²) in [6, 6.07) is 5.47. The molecule has 0 spiro atoms. The zero-order chi connectivity index (χ0) is 19.4. The molecule has 4 rings (SSSR count). The summed E-state index contributed by atoms with van der Waals surface area (Å²) in [6.07, 6.45) is 5.76. The van der Waals surface area contributed by atoms with Crippen molar-refractivity contribution in [3.63, 3.8) is 0 Å². The van der Waals surface area contributed by atoms with Crippen molar-refractivity contribution in [2.24, 2.45) is 5.92 Å². The lowest BCUT2D eigenvalue weighted by Crippen LogP contribution is -2.43. The molecular weight excluding hydrogens is 360 g/mol. The molecule has 1 aromatic carbocycles. The van der Waals surface area contributed by atoms with Gasteiger partial charge in [0.15, 0.2) is 0 Å². The van der Waals surface area contributed by atoms with Crippen LogP contribution in [0.25, 0.3) is 0 Å². The zero-order valence-corrected chi connectivity index (χ0v) is 17.4. The standard InChI is InChI=1S/C21H30N2O3S/c1-4-16-7-5-6-12-23(16)27(25,26)17-10-11-19-18(13-17)21(2,3)14-22(19)20(24)15-8-9-15/h10-11,13,15-16H,4-9,12,14H2,1-3H3/t16-/m0/s1. The van der Waals surface area contributed by atoms with Crippen LogP contribution in [0.1, 0.15) is 64.9 Å². The van der Waals surface area contributed by atoms with Gasteiger partial charge in [-0.05, 0) is 55.9 Å². The van der Waals surface area contributed by atoms with E-state index in [1.54, 1.807) is 10.4 Å². The highest BCUT2D eigenvalue weighted by molar-refractivity contribution is 7.89. The Labute approximate surface area is 162 Å². The van der Waals surface area contributed by atoms with E-state index in [9.17, 15) is 13.2 Å². The number of nitrogens with zero attached hydrogens (tertiary/aromatic N) is 2. The summed E-state index contributed by atoms with van der Waals surface area (Å²) in [5, 5.41) is 0. The Balaban J connectivity index is 1.71. The Morgan fingerprint density at radius 1 is 1.19 bits per heavy atom. The number of hydrogen-bond donors (Lipinski definition) is 0. The van der Waals surface area contributed by atoms with E-state index in [1.165, 1.54) is 0 Å². The summed E-state index contributed by atoms with van der Waals surface area (Å²) in [5.74, 6) is 0.355. The van der Waals surface area contributed by atoms with Crippen molar-refractivity contribution in [2.75, 3.05) is 18.0 Å². The molecule has 3 aliphatic rings. The van der Waals surface area contributed by atoms with Crippen LogP contribution in [0.15, 0.2) is 23.1 Å². The summed E-state index contributed by atoms with van der Waals surface area (Å²) in [7, 11) is -3.51. The lowest BCUT2D eigenvalue weighted by Gasteiger charge is -2.34. The van der Waals surface area contributed by atoms with Crippen molar-refractivity contribution in [1.82, 2.24) is 4.31 Å². The van der Waals surface area contributed by atoms with Crippen molar-refractivity contribution in [3.8, 4) is 0 Å². The Hall–Kier alpha value is -1.40. The first-order valence-electron chi connectivity index (χ1n) is 10.2. The fourth-order valence-electron chi connectivity index (χ4n) is 4.60. The number of fused-ring (bicyclic) bond motifs is 1. The third-order valence-electron chi connectivity index (χ3n) is 6.38. The number of carbonyl (C=O) groups is 1. The molecule has 27 heavy (non-hydrogen) atoms. The average molecular weight is 391 g/mol. The number of rotatable bonds is 4. The molecule has 2 fully saturated rings. The summed E-state index contributed by atoms with van der Waals surface area (Å²) < 4.78 is 28.4. The molecule has 1 saturated carbocycles. The molecule has 1 saturated heterocycles. The van der Waals surface area contributed by atoms with Crippen molar-refractivity contribution >= 4 is 21.6 Å². The first-order valence-corrected chi connectivity index (χ1v) is 11.7. The lowest BCUT2D eigenvalue weighted by molar-refractivity contribution is -0.119. The number of benzene rings is 1. The van der Waals surface area contributed by atoms with Gasteiger partial charge >= 0.3 is 0 Å². The van der Waals surface area contributed by atoms with Crippen LogP contribution in [0.3, 0.4) is 0 Å². The summed E-state index contributed by atoms with van der Waals surface area (Å²) >= 11 is 0. The first kappa shape index (κ1) is 18.9. The number of carbonyl (C=O) groups excluding carboxylic acids is 1. The van der Waals surface area contributed by atoms with Gasteiger partial charge in [-0.1, -0.05) is 27.2 Å². The molecule has 0 radical (unpaired) electrons. The molecule has 5 nitrogen and oxygen atoms in total. The second kappa shape index (κ2) is 6.59. The van der Waals surface area contributed by atoms with E-state index in [0.29, 0.717) is 18.0 Å². The van der Waals surface area contributed by atoms with Gasteiger partial charge in [0.1, 0.15) is 0 Å². The van der Waals surface area contributed by atoms with Gasteiger partial charge < -0.3 is 4.90 Å². The average Bonchev–Trinajstić information content (AvgIpc) is 3.46. The van der Waals surface area contributed by atoms with Crippen LogP contribution in [0.2, 0.25) is 0 Å². The van der Waals surface area contributed by atoms with E-state index in [2.05, 4.69) is 20.8 Å². The summed E-state index contributed by atoms with van der Waals surface area (Å²) in [6.45, 7) is 7.48. The van der Waals surface area contributed by atoms with Crippen LogP contribution in [-0.4, -0.2) is 37.8 Å². The normalized spacial score (nSPS) is 25.4. The van der Waals surface area contributed by atoms with Gasteiger partial charge in [0.2, 0.25) is 15.9 Å². The SMILES string of the molecule is CC[C@H]1CCCCN1S(=O)(=O)c1ccc2c(c1)C(C)(C)CN2C(=O)C1CC1. The van der Waals surface area contributed by atoms with Gasteiger partial charge in [-0.25, -0.2) is 8.42 Å². The molecule has 0 unspecified atom stereocenters. The number of anilines is 1. The fourth-order valence-corrected chi connectivity index (χ4v) is 6.39. The number of amides is 1. The third kappa shape index (κ3) is 3.21. The van der Waals surface area contributed by atoms with Crippen molar-refractivity contribution in [3.05, 3.63) is 23.8 Å². The molecule has 6 heteroatoms. The molecule has 148 valence electrons. The van der Waals surface area contributed by atoms with Crippen molar-refractivity contribution in [2.45, 2.75) is 75.6 Å². The predicted molar refractivity (Wildman–Crippen MR) is 106 cm³/mol. The quantitative estimate of drug-likeness (QED) is 0.788. The van der Waals surface area contributed by atoms with Gasteiger partial charge in [-0.15, -0.1) is 0 Å². The van der Waals surface area contributed by atoms with Gasteiger partial charge in [0.25, 0.3) is 0 Å². The maximum Gasteiger partial charge on any atom is 0.243 e. The largest absolute Gasteiger partial charge is 0.311 e. The zero-order valence-electron chi connectivity index (χ0n) is 16.6. The summed E-state index contributed by atoms with van der Waals surface area (Å²) in [4.78, 5) is 14.9. The van der Waals surface area contributed by atoms with Crippen LogP contribution in [0.5, 0.6) is 0 Å². The Morgan fingerprint density at radius 2 is 1.93 bits per heavy atom. The van der Waals surface area contributed by atoms with Gasteiger partial charge in [0.05, 0.1) is 4.90 Å². The number of piperidine rings is 1. The minimum Gasteiger partial charge on any atom is -0.311 e. The number of sulfonamides is 1. The minimum absolute atomic E-state index is 0.0953. The third-order valence-corrected chi connectivity index (χ3v) is 8.33. The highest BCUT2D eigenvalue weighted by Crippen LogP contribution is 2.44. The molecule has 0 bridgehead atoms. The maximum absolute atomic E-state index is 13.3. The smallest absolute Gasteiger partial charge is 0.243 e. The van der Waals surface area contributed by atoms with Gasteiger partial charge in [0, 0.05) is 36.2 Å². The van der Waals surface area contributed by atoms with E-state index >= 15 is 0 Å². The molecule has 0 aromatic heterocycles. The van der Waals surface area contributed by atoms with E-state index in [1.807, 2.05) is 17.0 Å². The Kier molecular flexibility index (Phi) is 4.62. The molecule has 0 N–H and O–H groups in total. The van der Waals surface area contributed by atoms with E-state index in [0.717, 1.165) is 49.8 Å². The number of hydrogen-bond acceptors (Lipinski definition) is 3.